The van der Waals surface area contributed by atoms with Gasteiger partial charge in [0.05, 0.1) is 4.91 Å². The second kappa shape index (κ2) is 4.08. The van der Waals surface area contributed by atoms with Gasteiger partial charge in [-0.05, 0) is 48.0 Å². The van der Waals surface area contributed by atoms with Crippen molar-refractivity contribution in [3.63, 3.8) is 0 Å². The summed E-state index contributed by atoms with van der Waals surface area (Å²) in [6, 6.07) is 0. The Kier molecular flexibility index (Phi) is 2.72. The molecular weight excluding hydrogens is 240 g/mol. The zero-order valence-corrected chi connectivity index (χ0v) is 10.4. The summed E-state index contributed by atoms with van der Waals surface area (Å²) >= 11 is 0. The molecule has 2 aliphatic carbocycles. The molecule has 2 nitrogen and oxygen atoms in total. The van der Waals surface area contributed by atoms with Gasteiger partial charge in [-0.25, -0.2) is 0 Å². The van der Waals surface area contributed by atoms with Crippen LogP contribution in [0.2, 0.25) is 0 Å². The van der Waals surface area contributed by atoms with Crippen molar-refractivity contribution in [1.82, 2.24) is 0 Å². The van der Waals surface area contributed by atoms with E-state index < -0.39 is 0 Å². The lowest BCUT2D eigenvalue weighted by Crippen LogP contribution is -2.12. The van der Waals surface area contributed by atoms with E-state index >= 15 is 0 Å². The first-order valence-corrected chi connectivity index (χ1v) is 7.81. The number of hydrogen-bond acceptors (Lipinski definition) is 4. The molecule has 0 N–H and O–H groups in total. The molecule has 3 aliphatic rings. The molecule has 1 aliphatic heterocycles. The van der Waals surface area contributed by atoms with Crippen molar-refractivity contribution in [3.8, 4) is 0 Å². The molecule has 0 amide bonds. The Morgan fingerprint density at radius 1 is 1.06 bits per heavy atom. The summed E-state index contributed by atoms with van der Waals surface area (Å²) in [7, 11) is 3.00. The molecule has 3 rings (SSSR count). The van der Waals surface area contributed by atoms with Crippen LogP contribution in [0.3, 0.4) is 0 Å². The maximum atomic E-state index is 12.0. The van der Waals surface area contributed by atoms with Crippen LogP contribution in [-0.4, -0.2) is 11.6 Å². The molecule has 0 aromatic rings. The first kappa shape index (κ1) is 10.7. The van der Waals surface area contributed by atoms with Crippen molar-refractivity contribution in [3.05, 3.63) is 22.0 Å². The number of rotatable bonds is 4. The van der Waals surface area contributed by atoms with Crippen molar-refractivity contribution < 1.29 is 9.59 Å². The molecule has 2 fully saturated rings. The Balaban J connectivity index is 1.90. The van der Waals surface area contributed by atoms with Crippen LogP contribution < -0.4 is 0 Å². The number of ketones is 2. The van der Waals surface area contributed by atoms with Crippen molar-refractivity contribution >= 4 is 33.2 Å². The van der Waals surface area contributed by atoms with Crippen molar-refractivity contribution in [1.29, 1.82) is 0 Å². The van der Waals surface area contributed by atoms with Crippen LogP contribution in [0.1, 0.15) is 25.7 Å². The molecule has 16 heavy (non-hydrogen) atoms. The predicted octanol–water partition coefficient (Wildman–Crippen LogP) is 3.11. The van der Waals surface area contributed by atoms with Crippen LogP contribution in [0.15, 0.2) is 22.0 Å². The first-order chi connectivity index (χ1) is 7.77. The summed E-state index contributed by atoms with van der Waals surface area (Å²) in [5.41, 5.74) is 0.683. The Labute approximate surface area is 102 Å². The maximum absolute atomic E-state index is 12.0. The average Bonchev–Trinajstić information content (AvgIpc) is 3.20. The summed E-state index contributed by atoms with van der Waals surface area (Å²) in [6.07, 6.45) is 5.83. The van der Waals surface area contributed by atoms with E-state index in [9.17, 15) is 9.59 Å². The van der Waals surface area contributed by atoms with Gasteiger partial charge >= 0.3 is 0 Å². The monoisotopic (exact) mass is 252 g/mol. The lowest BCUT2D eigenvalue weighted by atomic mass is 10.0. The zero-order valence-electron chi connectivity index (χ0n) is 8.77. The van der Waals surface area contributed by atoms with E-state index in [1.165, 1.54) is 21.6 Å². The smallest absolute Gasteiger partial charge is 0.173 e. The van der Waals surface area contributed by atoms with Crippen molar-refractivity contribution in [2.45, 2.75) is 25.7 Å². The van der Waals surface area contributed by atoms with E-state index in [2.05, 4.69) is 0 Å². The van der Waals surface area contributed by atoms with Crippen molar-refractivity contribution in [2.75, 3.05) is 0 Å². The minimum atomic E-state index is 0.188. The molecule has 0 saturated heterocycles. The van der Waals surface area contributed by atoms with Gasteiger partial charge in [0.25, 0.3) is 0 Å². The van der Waals surface area contributed by atoms with E-state index in [0.29, 0.717) is 10.5 Å². The average molecular weight is 252 g/mol. The predicted molar refractivity (Wildman–Crippen MR) is 66.8 cm³/mol. The first-order valence-electron chi connectivity index (χ1n) is 5.60. The van der Waals surface area contributed by atoms with E-state index in [4.69, 9.17) is 0 Å². The molecule has 84 valence electrons. The van der Waals surface area contributed by atoms with Crippen molar-refractivity contribution in [2.24, 2.45) is 11.8 Å². The molecule has 0 atom stereocenters. The lowest BCUT2D eigenvalue weighted by Gasteiger charge is -2.12. The molecule has 2 saturated carbocycles. The van der Waals surface area contributed by atoms with Gasteiger partial charge in [-0.15, -0.1) is 0 Å². The summed E-state index contributed by atoms with van der Waals surface area (Å²) in [4.78, 5) is 24.8. The van der Waals surface area contributed by atoms with Crippen LogP contribution >= 0.6 is 21.6 Å². The fourth-order valence-corrected chi connectivity index (χ4v) is 3.74. The van der Waals surface area contributed by atoms with Gasteiger partial charge in [0.2, 0.25) is 0 Å². The number of carbonyl (C=O) groups is 2. The number of hydrogen-bond donors (Lipinski definition) is 0. The number of allylic oxidation sites excluding steroid dienone is 3. The molecule has 0 aromatic carbocycles. The highest BCUT2D eigenvalue weighted by atomic mass is 33.1. The van der Waals surface area contributed by atoms with Crippen LogP contribution in [-0.2, 0) is 9.59 Å². The van der Waals surface area contributed by atoms with Gasteiger partial charge in [0.15, 0.2) is 11.6 Å². The zero-order chi connectivity index (χ0) is 11.1. The van der Waals surface area contributed by atoms with Gasteiger partial charge in [0.1, 0.15) is 0 Å². The number of Topliss-reactive ketones (excluding diaryl/α,β-unsaturated/α-hetero) is 2. The van der Waals surface area contributed by atoms with Crippen LogP contribution in [0.5, 0.6) is 0 Å². The quantitative estimate of drug-likeness (QED) is 0.720. The summed E-state index contributed by atoms with van der Waals surface area (Å²) in [5.74, 6) is 0.792. The highest BCUT2D eigenvalue weighted by Crippen LogP contribution is 2.45. The molecular formula is C12H12O2S2. The summed E-state index contributed by atoms with van der Waals surface area (Å²) < 4.78 is 0. The summed E-state index contributed by atoms with van der Waals surface area (Å²) in [6.45, 7) is 0. The fourth-order valence-electron chi connectivity index (χ4n) is 1.76. The Bertz CT molecular complexity index is 415. The Morgan fingerprint density at radius 3 is 2.31 bits per heavy atom. The largest absolute Gasteiger partial charge is 0.294 e. The van der Waals surface area contributed by atoms with E-state index in [1.54, 1.807) is 0 Å². The highest BCUT2D eigenvalue weighted by Gasteiger charge is 2.38. The maximum Gasteiger partial charge on any atom is 0.173 e. The molecule has 0 bridgehead atoms. The third kappa shape index (κ3) is 2.00. The molecule has 0 unspecified atom stereocenters. The van der Waals surface area contributed by atoms with E-state index in [0.717, 1.165) is 25.7 Å². The van der Waals surface area contributed by atoms with Crippen LogP contribution in [0.25, 0.3) is 0 Å². The van der Waals surface area contributed by atoms with Gasteiger partial charge in [-0.3, -0.25) is 9.59 Å². The van der Waals surface area contributed by atoms with Crippen LogP contribution in [0.4, 0.5) is 0 Å². The van der Waals surface area contributed by atoms with E-state index in [1.807, 2.05) is 11.5 Å². The van der Waals surface area contributed by atoms with Gasteiger partial charge in [-0.1, -0.05) is 10.8 Å². The number of carbonyl (C=O) groups excluding carboxylic acids is 2. The summed E-state index contributed by atoms with van der Waals surface area (Å²) in [5, 5.41) is 1.91. The minimum Gasteiger partial charge on any atom is -0.294 e. The molecule has 0 aromatic heterocycles. The normalized spacial score (nSPS) is 24.8. The lowest BCUT2D eigenvalue weighted by molar-refractivity contribution is -0.118. The third-order valence-electron chi connectivity index (χ3n) is 3.05. The molecule has 0 spiro atoms. The van der Waals surface area contributed by atoms with Gasteiger partial charge in [-0.2, -0.15) is 0 Å². The topological polar surface area (TPSA) is 34.1 Å². The second-order valence-corrected chi connectivity index (χ2v) is 6.62. The van der Waals surface area contributed by atoms with Gasteiger partial charge in [0, 0.05) is 17.4 Å². The third-order valence-corrected chi connectivity index (χ3v) is 5.11. The highest BCUT2D eigenvalue weighted by molar-refractivity contribution is 8.79. The fraction of sp³-hybridized carbons (Fsp3) is 0.500. The minimum absolute atomic E-state index is 0.188. The molecule has 4 heteroatoms. The SMILES string of the molecule is O=C(C1=C(C(=O)C2CC2)SSC=C1)C1CC1. The van der Waals surface area contributed by atoms with Gasteiger partial charge < -0.3 is 0 Å². The second-order valence-electron chi connectivity index (χ2n) is 4.50. The van der Waals surface area contributed by atoms with Crippen LogP contribution in [0, 0.1) is 11.8 Å². The molecule has 1 heterocycles. The Hall–Kier alpha value is -0.480. The standard InChI is InChI=1S/C12H12O2S2/c13-10(7-1-2-7)9-5-6-15-16-12(9)11(14)8-3-4-8/h5-8H,1-4H2. The van der Waals surface area contributed by atoms with E-state index in [-0.39, 0.29) is 23.4 Å². The molecule has 0 radical (unpaired) electrons. The Morgan fingerprint density at radius 2 is 1.69 bits per heavy atom.